The van der Waals surface area contributed by atoms with Crippen LogP contribution in [0.25, 0.3) is 5.76 Å². The standard InChI is InChI=1S/C28H19Br3O5/c1-15(29)22(16-7-11-18(30)12-8-16)36-26(34)28-23(20-5-3-4-6-21(20)35-25(28)33)27(28,2)24(32)17-9-13-19(31)14-10-17/h3-14,23H,1-2H3/b22-15+/t23-,27+,28-/m1/s1. The van der Waals surface area contributed by atoms with Gasteiger partial charge in [0.2, 0.25) is 0 Å². The van der Waals surface area contributed by atoms with Crippen molar-refractivity contribution < 1.29 is 23.9 Å². The number of allylic oxidation sites excluding steroid dienone is 1. The van der Waals surface area contributed by atoms with Crippen LogP contribution >= 0.6 is 47.8 Å². The molecule has 0 amide bonds. The van der Waals surface area contributed by atoms with Gasteiger partial charge in [-0.2, -0.15) is 0 Å². The van der Waals surface area contributed by atoms with E-state index in [2.05, 4.69) is 47.8 Å². The van der Waals surface area contributed by atoms with Gasteiger partial charge in [0, 0.05) is 36.0 Å². The Balaban J connectivity index is 1.62. The Morgan fingerprint density at radius 3 is 2.03 bits per heavy atom. The van der Waals surface area contributed by atoms with Gasteiger partial charge in [-0.05, 0) is 44.2 Å². The lowest BCUT2D eigenvalue weighted by Crippen LogP contribution is -2.40. The highest BCUT2D eigenvalue weighted by atomic mass is 79.9. The van der Waals surface area contributed by atoms with Crippen LogP contribution in [0.4, 0.5) is 0 Å². The number of esters is 2. The van der Waals surface area contributed by atoms with Gasteiger partial charge in [-0.1, -0.05) is 90.3 Å². The number of fused-ring (bicyclic) bond motifs is 3. The highest BCUT2D eigenvalue weighted by molar-refractivity contribution is 9.11. The molecule has 0 N–H and O–H groups in total. The van der Waals surface area contributed by atoms with Gasteiger partial charge in [0.25, 0.3) is 0 Å². The molecule has 36 heavy (non-hydrogen) atoms. The zero-order chi connectivity index (χ0) is 25.8. The minimum absolute atomic E-state index is 0.262. The monoisotopic (exact) mass is 672 g/mol. The van der Waals surface area contributed by atoms with Crippen molar-refractivity contribution in [2.75, 3.05) is 0 Å². The summed E-state index contributed by atoms with van der Waals surface area (Å²) in [5.74, 6) is -2.05. The van der Waals surface area contributed by atoms with E-state index in [1.165, 1.54) is 0 Å². The van der Waals surface area contributed by atoms with Crippen LogP contribution in [0.3, 0.4) is 0 Å². The first kappa shape index (κ1) is 25.1. The Morgan fingerprint density at radius 1 is 0.889 bits per heavy atom. The lowest BCUT2D eigenvalue weighted by molar-refractivity contribution is -0.157. The van der Waals surface area contributed by atoms with Crippen LogP contribution in [-0.4, -0.2) is 17.7 Å². The highest BCUT2D eigenvalue weighted by Gasteiger charge is 2.89. The molecule has 0 spiro atoms. The summed E-state index contributed by atoms with van der Waals surface area (Å²) >= 11 is 10.2. The number of hydrogen-bond donors (Lipinski definition) is 0. The third-order valence-corrected chi connectivity index (χ3v) is 8.43. The minimum atomic E-state index is -1.82. The Labute approximate surface area is 233 Å². The van der Waals surface area contributed by atoms with Crippen LogP contribution in [0.15, 0.2) is 86.2 Å². The molecule has 8 heteroatoms. The van der Waals surface area contributed by atoms with Crippen molar-refractivity contribution in [1.82, 2.24) is 0 Å². The van der Waals surface area contributed by atoms with E-state index in [0.29, 0.717) is 26.9 Å². The third-order valence-electron chi connectivity index (χ3n) is 7.01. The van der Waals surface area contributed by atoms with Gasteiger partial charge < -0.3 is 9.47 Å². The fraction of sp³-hybridized carbons (Fsp3) is 0.179. The van der Waals surface area contributed by atoms with E-state index >= 15 is 0 Å². The normalized spacial score (nSPS) is 24.6. The number of halogens is 3. The van der Waals surface area contributed by atoms with E-state index in [4.69, 9.17) is 9.47 Å². The van der Waals surface area contributed by atoms with Gasteiger partial charge in [-0.3, -0.25) is 14.4 Å². The predicted molar refractivity (Wildman–Crippen MR) is 146 cm³/mol. The van der Waals surface area contributed by atoms with Crippen LogP contribution < -0.4 is 4.74 Å². The van der Waals surface area contributed by atoms with E-state index < -0.39 is 28.7 Å². The van der Waals surface area contributed by atoms with Gasteiger partial charge in [-0.25, -0.2) is 0 Å². The van der Waals surface area contributed by atoms with Gasteiger partial charge in [0.1, 0.15) is 11.5 Å². The first-order chi connectivity index (χ1) is 17.1. The summed E-state index contributed by atoms with van der Waals surface area (Å²) in [7, 11) is 0. The molecule has 1 saturated carbocycles. The minimum Gasteiger partial charge on any atom is -0.425 e. The topological polar surface area (TPSA) is 69.7 Å². The van der Waals surface area contributed by atoms with Crippen molar-refractivity contribution in [1.29, 1.82) is 0 Å². The average Bonchev–Trinajstić information content (AvgIpc) is 3.46. The van der Waals surface area contributed by atoms with Gasteiger partial charge in [0.15, 0.2) is 11.2 Å². The molecule has 5 nitrogen and oxygen atoms in total. The number of carbonyl (C=O) groups excluding carboxylic acids is 3. The molecule has 1 fully saturated rings. The molecule has 0 aromatic heterocycles. The molecule has 1 heterocycles. The molecule has 0 unspecified atom stereocenters. The third kappa shape index (κ3) is 3.64. The molecule has 3 aromatic carbocycles. The largest absolute Gasteiger partial charge is 0.425 e. The molecular formula is C28H19Br3O5. The summed E-state index contributed by atoms with van der Waals surface area (Å²) in [5.41, 5.74) is -1.55. The van der Waals surface area contributed by atoms with Crippen molar-refractivity contribution in [3.63, 3.8) is 0 Å². The summed E-state index contributed by atoms with van der Waals surface area (Å²) in [6.45, 7) is 3.39. The lowest BCUT2D eigenvalue weighted by Gasteiger charge is -2.23. The summed E-state index contributed by atoms with van der Waals surface area (Å²) < 4.78 is 13.8. The molecule has 2 aliphatic rings. The second-order valence-electron chi connectivity index (χ2n) is 8.97. The molecule has 5 rings (SSSR count). The number of para-hydroxylation sites is 1. The molecule has 3 atom stereocenters. The Kier molecular flexibility index (Phi) is 6.34. The zero-order valence-corrected chi connectivity index (χ0v) is 23.9. The highest BCUT2D eigenvalue weighted by Crippen LogP contribution is 2.78. The van der Waals surface area contributed by atoms with Gasteiger partial charge in [-0.15, -0.1) is 0 Å². The van der Waals surface area contributed by atoms with Gasteiger partial charge >= 0.3 is 11.9 Å². The molecule has 3 aromatic rings. The number of hydrogen-bond acceptors (Lipinski definition) is 5. The van der Waals surface area contributed by atoms with E-state index in [1.807, 2.05) is 12.1 Å². The average molecular weight is 675 g/mol. The summed E-state index contributed by atoms with van der Waals surface area (Å²) in [4.78, 5) is 41.5. The zero-order valence-electron chi connectivity index (χ0n) is 19.2. The molecule has 1 aliphatic heterocycles. The number of rotatable bonds is 5. The van der Waals surface area contributed by atoms with Gasteiger partial charge in [0.05, 0.1) is 5.41 Å². The van der Waals surface area contributed by atoms with Crippen molar-refractivity contribution in [2.45, 2.75) is 19.8 Å². The van der Waals surface area contributed by atoms with Crippen LogP contribution in [0, 0.1) is 10.8 Å². The second kappa shape index (κ2) is 9.08. The maximum atomic E-state index is 14.0. The second-order valence-corrected chi connectivity index (χ2v) is 12.0. The number of ether oxygens (including phenoxy) is 2. The van der Waals surface area contributed by atoms with E-state index in [-0.39, 0.29) is 11.5 Å². The van der Waals surface area contributed by atoms with Crippen molar-refractivity contribution >= 4 is 71.3 Å². The van der Waals surface area contributed by atoms with E-state index in [9.17, 15) is 14.4 Å². The molecule has 182 valence electrons. The van der Waals surface area contributed by atoms with E-state index in [0.717, 1.165) is 8.95 Å². The Bertz CT molecular complexity index is 1440. The summed E-state index contributed by atoms with van der Waals surface area (Å²) in [5, 5.41) is 0. The SMILES string of the molecule is C/C(Br)=C(\OC(=O)[C@]12C(=O)Oc3ccccc3[C@@H]1[C@@]2(C)C(=O)c1ccc(Br)cc1)c1ccc(Br)cc1. The molecule has 0 bridgehead atoms. The fourth-order valence-electron chi connectivity index (χ4n) is 5.21. The Hall–Kier alpha value is -2.55. The number of benzene rings is 3. The molecule has 1 aliphatic carbocycles. The van der Waals surface area contributed by atoms with E-state index in [1.54, 1.807) is 74.5 Å². The predicted octanol–water partition coefficient (Wildman–Crippen LogP) is 7.43. The maximum absolute atomic E-state index is 14.0. The van der Waals surface area contributed by atoms with Crippen LogP contribution in [0.1, 0.15) is 41.3 Å². The van der Waals surface area contributed by atoms with Crippen molar-refractivity contribution in [2.24, 2.45) is 10.8 Å². The molecule has 0 saturated heterocycles. The number of Topliss-reactive ketones (excluding diaryl/α,β-unsaturated/α-hetero) is 1. The molecular weight excluding hydrogens is 656 g/mol. The van der Waals surface area contributed by atoms with Crippen LogP contribution in [-0.2, 0) is 14.3 Å². The summed E-state index contributed by atoms with van der Waals surface area (Å²) in [6, 6.07) is 21.1. The number of carbonyl (C=O) groups is 3. The van der Waals surface area contributed by atoms with Crippen molar-refractivity contribution in [3.05, 3.63) is 103 Å². The Morgan fingerprint density at radius 2 is 1.44 bits per heavy atom. The van der Waals surface area contributed by atoms with Crippen LogP contribution in [0.2, 0.25) is 0 Å². The molecule has 0 radical (unpaired) electrons. The quantitative estimate of drug-likeness (QED) is 0.0926. The maximum Gasteiger partial charge on any atom is 0.330 e. The lowest BCUT2D eigenvalue weighted by atomic mass is 9.87. The first-order valence-corrected chi connectivity index (χ1v) is 13.5. The van der Waals surface area contributed by atoms with Crippen molar-refractivity contribution in [3.8, 4) is 5.75 Å². The van der Waals surface area contributed by atoms with Crippen LogP contribution in [0.5, 0.6) is 5.75 Å². The summed E-state index contributed by atoms with van der Waals surface area (Å²) in [6.07, 6.45) is 0. The fourth-order valence-corrected chi connectivity index (χ4v) is 6.05. The first-order valence-electron chi connectivity index (χ1n) is 11.1. The number of ketones is 1. The smallest absolute Gasteiger partial charge is 0.330 e.